The Morgan fingerprint density at radius 3 is 2.64 bits per heavy atom. The van der Waals surface area contributed by atoms with Crippen LogP contribution in [0.5, 0.6) is 5.75 Å². The molecule has 1 atom stereocenters. The third-order valence-corrected chi connectivity index (χ3v) is 3.56. The number of hydrazone groups is 1. The van der Waals surface area contributed by atoms with Gasteiger partial charge in [-0.15, -0.1) is 0 Å². The number of carbonyl (C=O) groups is 1. The zero-order valence-electron chi connectivity index (χ0n) is 11.9. The third-order valence-electron chi connectivity index (χ3n) is 3.56. The Balaban J connectivity index is 1.80. The van der Waals surface area contributed by atoms with E-state index in [0.717, 1.165) is 5.56 Å². The lowest BCUT2D eigenvalue weighted by molar-refractivity contribution is 0.106. The molecule has 2 aromatic rings. The van der Waals surface area contributed by atoms with E-state index in [1.165, 1.54) is 6.07 Å². The van der Waals surface area contributed by atoms with Crippen molar-refractivity contribution in [1.29, 1.82) is 0 Å². The van der Waals surface area contributed by atoms with E-state index in [9.17, 15) is 9.90 Å². The molecule has 2 N–H and O–H groups in total. The van der Waals surface area contributed by atoms with Crippen molar-refractivity contribution in [1.82, 2.24) is 5.43 Å². The third kappa shape index (κ3) is 2.91. The van der Waals surface area contributed by atoms with E-state index in [1.807, 2.05) is 42.5 Å². The fourth-order valence-electron chi connectivity index (χ4n) is 2.38. The molecule has 0 amide bonds. The first-order chi connectivity index (χ1) is 10.8. The molecule has 0 bridgehead atoms. The predicted octanol–water partition coefficient (Wildman–Crippen LogP) is 2.86. The van der Waals surface area contributed by atoms with Crippen LogP contribution in [0.4, 0.5) is 0 Å². The van der Waals surface area contributed by atoms with Crippen LogP contribution in [0.25, 0.3) is 6.08 Å². The second-order valence-electron chi connectivity index (χ2n) is 5.08. The largest absolute Gasteiger partial charge is 0.507 e. The number of aromatic hydroxyl groups is 1. The fraction of sp³-hybridized carbons (Fsp3) is 0.111. The SMILES string of the molecule is O=C(C1=NNCC1/C=C/c1ccccc1)c1ccccc1O. The molecule has 0 spiro atoms. The second-order valence-corrected chi connectivity index (χ2v) is 5.08. The number of phenolic OH excluding ortho intramolecular Hbond substituents is 1. The predicted molar refractivity (Wildman–Crippen MR) is 86.8 cm³/mol. The number of hydrogen-bond acceptors (Lipinski definition) is 4. The Morgan fingerprint density at radius 1 is 1.14 bits per heavy atom. The van der Waals surface area contributed by atoms with Gasteiger partial charge in [0, 0.05) is 12.5 Å². The molecule has 3 rings (SSSR count). The van der Waals surface area contributed by atoms with E-state index < -0.39 is 0 Å². The van der Waals surface area contributed by atoms with Crippen LogP contribution >= 0.6 is 0 Å². The number of para-hydroxylation sites is 1. The van der Waals surface area contributed by atoms with Crippen molar-refractivity contribution >= 4 is 17.6 Å². The highest BCUT2D eigenvalue weighted by molar-refractivity contribution is 6.47. The molecule has 0 aromatic heterocycles. The molecule has 1 unspecified atom stereocenters. The standard InChI is InChI=1S/C18H16N2O2/c21-16-9-5-4-8-15(16)18(22)17-14(12-19-20-17)11-10-13-6-2-1-3-7-13/h1-11,14,19,21H,12H2/b11-10+. The molecule has 0 radical (unpaired) electrons. The Bertz CT molecular complexity index is 736. The highest BCUT2D eigenvalue weighted by Crippen LogP contribution is 2.21. The first kappa shape index (κ1) is 14.1. The Kier molecular flexibility index (Phi) is 4.01. The molecule has 0 saturated heterocycles. The summed E-state index contributed by atoms with van der Waals surface area (Å²) in [6, 6.07) is 16.4. The molecule has 1 aliphatic heterocycles. The van der Waals surface area contributed by atoms with Crippen LogP contribution < -0.4 is 5.43 Å². The lowest BCUT2D eigenvalue weighted by Gasteiger charge is -2.07. The van der Waals surface area contributed by atoms with Gasteiger partial charge in [-0.2, -0.15) is 5.10 Å². The van der Waals surface area contributed by atoms with Gasteiger partial charge in [-0.1, -0.05) is 54.6 Å². The zero-order chi connectivity index (χ0) is 15.4. The van der Waals surface area contributed by atoms with Crippen LogP contribution in [0.3, 0.4) is 0 Å². The summed E-state index contributed by atoms with van der Waals surface area (Å²) in [5, 5.41) is 13.9. The summed E-state index contributed by atoms with van der Waals surface area (Å²) in [6.45, 7) is 0.581. The van der Waals surface area contributed by atoms with E-state index >= 15 is 0 Å². The van der Waals surface area contributed by atoms with E-state index in [1.54, 1.807) is 18.2 Å². The average molecular weight is 292 g/mol. The minimum Gasteiger partial charge on any atom is -0.507 e. The molecule has 1 aliphatic rings. The van der Waals surface area contributed by atoms with Crippen molar-refractivity contribution in [3.05, 3.63) is 71.8 Å². The number of benzene rings is 2. The molecule has 1 heterocycles. The number of hydrogen-bond donors (Lipinski definition) is 2. The summed E-state index contributed by atoms with van der Waals surface area (Å²) in [4.78, 5) is 12.5. The van der Waals surface area contributed by atoms with Gasteiger partial charge in [0.05, 0.1) is 5.56 Å². The van der Waals surface area contributed by atoms with Gasteiger partial charge in [0.25, 0.3) is 0 Å². The number of nitrogens with one attached hydrogen (secondary N) is 1. The number of Topliss-reactive ketones (excluding diaryl/α,β-unsaturated/α-hetero) is 1. The number of nitrogens with zero attached hydrogens (tertiary/aromatic N) is 1. The van der Waals surface area contributed by atoms with Crippen LogP contribution in [-0.2, 0) is 0 Å². The summed E-state index contributed by atoms with van der Waals surface area (Å²) < 4.78 is 0. The molecule has 2 aromatic carbocycles. The van der Waals surface area contributed by atoms with E-state index in [0.29, 0.717) is 12.3 Å². The molecular formula is C18H16N2O2. The van der Waals surface area contributed by atoms with E-state index in [4.69, 9.17) is 0 Å². The molecule has 4 nitrogen and oxygen atoms in total. The Morgan fingerprint density at radius 2 is 1.86 bits per heavy atom. The topological polar surface area (TPSA) is 61.7 Å². The van der Waals surface area contributed by atoms with Gasteiger partial charge in [0.1, 0.15) is 11.5 Å². The van der Waals surface area contributed by atoms with Crippen LogP contribution in [0, 0.1) is 5.92 Å². The molecular weight excluding hydrogens is 276 g/mol. The summed E-state index contributed by atoms with van der Waals surface area (Å²) in [5.74, 6) is -0.369. The van der Waals surface area contributed by atoms with Crippen LogP contribution in [0.2, 0.25) is 0 Å². The Labute approximate surface area is 128 Å². The molecule has 110 valence electrons. The molecule has 0 aliphatic carbocycles. The van der Waals surface area contributed by atoms with Crippen molar-refractivity contribution < 1.29 is 9.90 Å². The van der Waals surface area contributed by atoms with Crippen molar-refractivity contribution in [3.8, 4) is 5.75 Å². The monoisotopic (exact) mass is 292 g/mol. The first-order valence-electron chi connectivity index (χ1n) is 7.12. The highest BCUT2D eigenvalue weighted by atomic mass is 16.3. The van der Waals surface area contributed by atoms with Gasteiger partial charge in [0.2, 0.25) is 5.78 Å². The minimum absolute atomic E-state index is 0.0205. The van der Waals surface area contributed by atoms with Gasteiger partial charge in [-0.05, 0) is 17.7 Å². The summed E-state index contributed by atoms with van der Waals surface area (Å²) >= 11 is 0. The molecule has 4 heteroatoms. The first-order valence-corrected chi connectivity index (χ1v) is 7.12. The lowest BCUT2D eigenvalue weighted by atomic mass is 9.95. The van der Waals surface area contributed by atoms with Gasteiger partial charge < -0.3 is 10.5 Å². The zero-order valence-corrected chi connectivity index (χ0v) is 11.9. The van der Waals surface area contributed by atoms with Crippen LogP contribution in [-0.4, -0.2) is 23.1 Å². The fourth-order valence-corrected chi connectivity index (χ4v) is 2.38. The second kappa shape index (κ2) is 6.26. The highest BCUT2D eigenvalue weighted by Gasteiger charge is 2.27. The van der Waals surface area contributed by atoms with Crippen molar-refractivity contribution in [2.45, 2.75) is 0 Å². The van der Waals surface area contributed by atoms with Crippen molar-refractivity contribution in [3.63, 3.8) is 0 Å². The minimum atomic E-state index is -0.245. The normalized spacial score (nSPS) is 17.3. The molecule has 0 fully saturated rings. The number of ketones is 1. The van der Waals surface area contributed by atoms with Crippen molar-refractivity contribution in [2.75, 3.05) is 6.54 Å². The number of phenols is 1. The molecule has 0 saturated carbocycles. The van der Waals surface area contributed by atoms with Gasteiger partial charge >= 0.3 is 0 Å². The van der Waals surface area contributed by atoms with E-state index in [-0.39, 0.29) is 23.0 Å². The quantitative estimate of drug-likeness (QED) is 0.852. The Hall–Kier alpha value is -2.88. The summed E-state index contributed by atoms with van der Waals surface area (Å²) in [7, 11) is 0. The maximum absolute atomic E-state index is 12.5. The maximum Gasteiger partial charge on any atom is 0.213 e. The van der Waals surface area contributed by atoms with E-state index in [2.05, 4.69) is 10.5 Å². The maximum atomic E-state index is 12.5. The number of rotatable bonds is 4. The van der Waals surface area contributed by atoms with Crippen LogP contribution in [0.1, 0.15) is 15.9 Å². The van der Waals surface area contributed by atoms with Crippen LogP contribution in [0.15, 0.2) is 65.8 Å². The number of carbonyl (C=O) groups excluding carboxylic acids is 1. The summed E-state index contributed by atoms with van der Waals surface area (Å²) in [6.07, 6.45) is 3.94. The molecule has 22 heavy (non-hydrogen) atoms. The average Bonchev–Trinajstić information content (AvgIpc) is 3.02. The van der Waals surface area contributed by atoms with Crippen molar-refractivity contribution in [2.24, 2.45) is 11.0 Å². The van der Waals surface area contributed by atoms with Gasteiger partial charge in [-0.25, -0.2) is 0 Å². The van der Waals surface area contributed by atoms with Gasteiger partial charge in [-0.3, -0.25) is 4.79 Å². The summed E-state index contributed by atoms with van der Waals surface area (Å²) in [5.41, 5.74) is 4.64. The lowest BCUT2D eigenvalue weighted by Crippen LogP contribution is -2.21. The smallest absolute Gasteiger partial charge is 0.213 e. The van der Waals surface area contributed by atoms with Gasteiger partial charge in [0.15, 0.2) is 0 Å².